The number of fused-ring (bicyclic) bond motifs is 1. The van der Waals surface area contributed by atoms with Crippen LogP contribution in [0.2, 0.25) is 0 Å². The molecule has 0 N–H and O–H groups in total. The lowest BCUT2D eigenvalue weighted by molar-refractivity contribution is 0.0679. The van der Waals surface area contributed by atoms with Crippen LogP contribution >= 0.6 is 0 Å². The highest BCUT2D eigenvalue weighted by molar-refractivity contribution is 5.94. The molecular formula is C22H24N4O2. The monoisotopic (exact) mass is 376 g/mol. The standard InChI is InChI=1S/C22H24N4O2/c27-21(17-6-2-1-3-7-17)24-13-5-8-18(15-24)26-20-19(9-4-12-23-20)25(22(26)28)14-16-10-11-16/h1-4,6-7,9,12,16,18H,5,8,10-11,13-15H2/t18-/m0/s1. The van der Waals surface area contributed by atoms with Gasteiger partial charge in [-0.25, -0.2) is 9.78 Å². The van der Waals surface area contributed by atoms with Gasteiger partial charge in [0, 0.05) is 31.4 Å². The van der Waals surface area contributed by atoms with Crippen molar-refractivity contribution in [2.24, 2.45) is 5.92 Å². The van der Waals surface area contributed by atoms with Crippen molar-refractivity contribution in [3.63, 3.8) is 0 Å². The third kappa shape index (κ3) is 3.03. The van der Waals surface area contributed by atoms with E-state index in [-0.39, 0.29) is 17.6 Å². The quantitative estimate of drug-likeness (QED) is 0.703. The van der Waals surface area contributed by atoms with E-state index < -0.39 is 0 Å². The number of hydrogen-bond acceptors (Lipinski definition) is 3. The minimum Gasteiger partial charge on any atom is -0.337 e. The lowest BCUT2D eigenvalue weighted by atomic mass is 10.0. The number of piperidine rings is 1. The zero-order valence-corrected chi connectivity index (χ0v) is 15.8. The van der Waals surface area contributed by atoms with Gasteiger partial charge in [0.25, 0.3) is 5.91 Å². The Balaban J connectivity index is 1.49. The molecule has 5 rings (SSSR count). The summed E-state index contributed by atoms with van der Waals surface area (Å²) >= 11 is 0. The Hall–Kier alpha value is -2.89. The maximum Gasteiger partial charge on any atom is 0.330 e. The van der Waals surface area contributed by atoms with Gasteiger partial charge in [-0.15, -0.1) is 0 Å². The Morgan fingerprint density at radius 2 is 1.89 bits per heavy atom. The summed E-state index contributed by atoms with van der Waals surface area (Å²) < 4.78 is 3.72. The molecule has 1 amide bonds. The first kappa shape index (κ1) is 17.2. The normalized spacial score (nSPS) is 19.9. The summed E-state index contributed by atoms with van der Waals surface area (Å²) in [6.07, 6.45) is 5.91. The smallest absolute Gasteiger partial charge is 0.330 e. The number of likely N-dealkylation sites (tertiary alicyclic amines) is 1. The van der Waals surface area contributed by atoms with Crippen molar-refractivity contribution in [2.75, 3.05) is 13.1 Å². The second kappa shape index (κ2) is 6.93. The first-order valence-corrected chi connectivity index (χ1v) is 10.1. The van der Waals surface area contributed by atoms with Crippen molar-refractivity contribution in [1.82, 2.24) is 19.0 Å². The summed E-state index contributed by atoms with van der Waals surface area (Å²) in [5.74, 6) is 0.646. The van der Waals surface area contributed by atoms with Crippen LogP contribution in [0.5, 0.6) is 0 Å². The number of nitrogens with zero attached hydrogens (tertiary/aromatic N) is 4. The van der Waals surface area contributed by atoms with Gasteiger partial charge < -0.3 is 4.90 Å². The van der Waals surface area contributed by atoms with Gasteiger partial charge in [0.15, 0.2) is 5.65 Å². The molecule has 144 valence electrons. The lowest BCUT2D eigenvalue weighted by Gasteiger charge is -2.33. The zero-order valence-electron chi connectivity index (χ0n) is 15.8. The minimum atomic E-state index is -0.0354. The van der Waals surface area contributed by atoms with E-state index in [0.29, 0.717) is 18.0 Å². The van der Waals surface area contributed by atoms with Crippen LogP contribution in [0.3, 0.4) is 0 Å². The number of benzene rings is 1. The van der Waals surface area contributed by atoms with Crippen LogP contribution in [0.4, 0.5) is 0 Å². The molecular weight excluding hydrogens is 352 g/mol. The van der Waals surface area contributed by atoms with Gasteiger partial charge in [-0.2, -0.15) is 0 Å². The SMILES string of the molecule is O=C(c1ccccc1)N1CCC[C@H](n2c(=O)n(CC3CC3)c3cccnc32)C1. The third-order valence-corrected chi connectivity index (χ3v) is 5.93. The molecule has 0 radical (unpaired) electrons. The molecule has 1 saturated heterocycles. The molecule has 2 aromatic heterocycles. The van der Waals surface area contributed by atoms with Crippen LogP contribution in [0.1, 0.15) is 42.1 Å². The highest BCUT2D eigenvalue weighted by atomic mass is 16.2. The first-order valence-electron chi connectivity index (χ1n) is 10.1. The fourth-order valence-corrected chi connectivity index (χ4v) is 4.29. The van der Waals surface area contributed by atoms with Gasteiger partial charge in [-0.1, -0.05) is 18.2 Å². The summed E-state index contributed by atoms with van der Waals surface area (Å²) in [5.41, 5.74) is 2.36. The summed E-state index contributed by atoms with van der Waals surface area (Å²) in [4.78, 5) is 32.6. The molecule has 0 spiro atoms. The Labute approximate surface area is 163 Å². The predicted octanol–water partition coefficient (Wildman–Crippen LogP) is 3.09. The summed E-state index contributed by atoms with van der Waals surface area (Å²) in [5, 5.41) is 0. The third-order valence-electron chi connectivity index (χ3n) is 5.93. The number of carbonyl (C=O) groups excluding carboxylic acids is 1. The summed E-state index contributed by atoms with van der Waals surface area (Å²) in [7, 11) is 0. The van der Waals surface area contributed by atoms with E-state index >= 15 is 0 Å². The second-order valence-corrected chi connectivity index (χ2v) is 7.97. The molecule has 2 aliphatic rings. The van der Waals surface area contributed by atoms with E-state index in [4.69, 9.17) is 0 Å². The van der Waals surface area contributed by atoms with Crippen LogP contribution in [0.25, 0.3) is 11.2 Å². The lowest BCUT2D eigenvalue weighted by Crippen LogP contribution is -2.43. The molecule has 3 aromatic rings. The van der Waals surface area contributed by atoms with E-state index in [1.54, 1.807) is 6.20 Å². The largest absolute Gasteiger partial charge is 0.337 e. The Morgan fingerprint density at radius 3 is 2.68 bits per heavy atom. The molecule has 28 heavy (non-hydrogen) atoms. The van der Waals surface area contributed by atoms with Crippen molar-refractivity contribution >= 4 is 17.1 Å². The molecule has 1 atom stereocenters. The molecule has 6 heteroatoms. The molecule has 1 aliphatic carbocycles. The fraction of sp³-hybridized carbons (Fsp3) is 0.409. The molecule has 0 unspecified atom stereocenters. The fourth-order valence-electron chi connectivity index (χ4n) is 4.29. The first-order chi connectivity index (χ1) is 13.7. The molecule has 1 aliphatic heterocycles. The van der Waals surface area contributed by atoms with Crippen molar-refractivity contribution in [2.45, 2.75) is 38.3 Å². The molecule has 1 aromatic carbocycles. The average molecular weight is 376 g/mol. The van der Waals surface area contributed by atoms with Crippen molar-refractivity contribution < 1.29 is 4.79 Å². The van der Waals surface area contributed by atoms with Gasteiger partial charge in [0.1, 0.15) is 0 Å². The van der Waals surface area contributed by atoms with E-state index in [1.165, 1.54) is 12.8 Å². The second-order valence-electron chi connectivity index (χ2n) is 7.97. The van der Waals surface area contributed by atoms with Crippen LogP contribution < -0.4 is 5.69 Å². The molecule has 0 bridgehead atoms. The number of rotatable bonds is 4. The van der Waals surface area contributed by atoms with Gasteiger partial charge >= 0.3 is 5.69 Å². The number of aromatic nitrogens is 3. The molecule has 1 saturated carbocycles. The predicted molar refractivity (Wildman–Crippen MR) is 107 cm³/mol. The maximum absolute atomic E-state index is 13.3. The zero-order chi connectivity index (χ0) is 19.1. The molecule has 6 nitrogen and oxygen atoms in total. The Morgan fingerprint density at radius 1 is 1.07 bits per heavy atom. The number of pyridine rings is 1. The highest BCUT2D eigenvalue weighted by Crippen LogP contribution is 2.32. The van der Waals surface area contributed by atoms with Crippen molar-refractivity contribution in [1.29, 1.82) is 0 Å². The Bertz CT molecular complexity index is 1070. The van der Waals surface area contributed by atoms with Crippen LogP contribution in [0, 0.1) is 5.92 Å². The number of amides is 1. The number of hydrogen-bond donors (Lipinski definition) is 0. The van der Waals surface area contributed by atoms with E-state index in [9.17, 15) is 9.59 Å². The summed E-state index contributed by atoms with van der Waals surface area (Å²) in [6, 6.07) is 13.2. The maximum atomic E-state index is 13.3. The average Bonchev–Trinajstić information content (AvgIpc) is 3.52. The topological polar surface area (TPSA) is 60.1 Å². The van der Waals surface area contributed by atoms with E-state index in [1.807, 2.05) is 56.5 Å². The summed E-state index contributed by atoms with van der Waals surface area (Å²) in [6.45, 7) is 2.05. The van der Waals surface area contributed by atoms with Crippen LogP contribution in [0.15, 0.2) is 53.5 Å². The van der Waals surface area contributed by atoms with Crippen LogP contribution in [-0.4, -0.2) is 38.0 Å². The molecule has 2 fully saturated rings. The van der Waals surface area contributed by atoms with E-state index in [2.05, 4.69) is 4.98 Å². The van der Waals surface area contributed by atoms with Crippen LogP contribution in [-0.2, 0) is 6.54 Å². The Kier molecular flexibility index (Phi) is 4.26. The van der Waals surface area contributed by atoms with E-state index in [0.717, 1.165) is 37.1 Å². The van der Waals surface area contributed by atoms with Gasteiger partial charge in [-0.05, 0) is 55.9 Å². The van der Waals surface area contributed by atoms with Crippen molar-refractivity contribution in [3.05, 3.63) is 64.7 Å². The van der Waals surface area contributed by atoms with Crippen molar-refractivity contribution in [3.8, 4) is 0 Å². The van der Waals surface area contributed by atoms with Gasteiger partial charge in [0.05, 0.1) is 11.6 Å². The minimum absolute atomic E-state index is 0.0135. The highest BCUT2D eigenvalue weighted by Gasteiger charge is 2.30. The number of carbonyl (C=O) groups is 1. The molecule has 3 heterocycles. The van der Waals surface area contributed by atoms with Gasteiger partial charge in [-0.3, -0.25) is 13.9 Å². The number of imidazole rings is 1. The van der Waals surface area contributed by atoms with Gasteiger partial charge in [0.2, 0.25) is 0 Å².